The second-order valence-corrected chi connectivity index (χ2v) is 6.84. The molecule has 0 aromatic heterocycles. The van der Waals surface area contributed by atoms with Crippen LogP contribution in [-0.2, 0) is 18.6 Å². The topological polar surface area (TPSA) is 65.0 Å². The fourth-order valence-electron chi connectivity index (χ4n) is 2.02. The fraction of sp³-hybridized carbons (Fsp3) is 0.429. The number of rotatable bonds is 8. The number of methoxy groups -OCH3 is 2. The first-order valence-corrected chi connectivity index (χ1v) is 8.27. The van der Waals surface area contributed by atoms with Gasteiger partial charge in [0.25, 0.3) is 0 Å². The van der Waals surface area contributed by atoms with E-state index in [1.165, 1.54) is 28.1 Å². The van der Waals surface area contributed by atoms with E-state index >= 15 is 0 Å². The van der Waals surface area contributed by atoms with Crippen molar-refractivity contribution in [2.75, 3.05) is 21.3 Å². The van der Waals surface area contributed by atoms with Crippen LogP contribution in [-0.4, -0.2) is 46.3 Å². The molecule has 1 unspecified atom stereocenters. The molecule has 1 N–H and O–H groups in total. The zero-order chi connectivity index (χ0) is 16.8. The summed E-state index contributed by atoms with van der Waals surface area (Å²) in [5.74, 6) is 0. The molecule has 1 aromatic rings. The minimum atomic E-state index is -3.88. The Morgan fingerprint density at radius 3 is 2.32 bits per heavy atom. The number of hydrogen-bond acceptors (Lipinski definition) is 4. The maximum absolute atomic E-state index is 14.7. The lowest BCUT2D eigenvalue weighted by molar-refractivity contribution is -0.0535. The first kappa shape index (κ1) is 19.1. The monoisotopic (exact) mass is 330 g/mol. The molecule has 0 bridgehead atoms. The van der Waals surface area contributed by atoms with Crippen molar-refractivity contribution in [2.24, 2.45) is 0 Å². The molecule has 22 heavy (non-hydrogen) atoms. The molecule has 0 saturated heterocycles. The predicted molar refractivity (Wildman–Crippen MR) is 85.3 cm³/mol. The molecule has 0 saturated carbocycles. The van der Waals surface area contributed by atoms with Crippen molar-refractivity contribution >= 4 is 15.4 Å². The van der Waals surface area contributed by atoms with Gasteiger partial charge in [0.15, 0.2) is 6.17 Å². The number of benzene rings is 1. The van der Waals surface area contributed by atoms with Gasteiger partial charge in [-0.15, -0.1) is 0 Å². The van der Waals surface area contributed by atoms with Crippen molar-refractivity contribution in [2.45, 2.75) is 18.4 Å². The molecule has 0 radical (unpaired) electrons. The summed E-state index contributed by atoms with van der Waals surface area (Å²) in [6, 6.07) is 8.53. The molecular formula is C14H21BFO5P. The maximum Gasteiger partial charge on any atom is 0.344 e. The molecular weight excluding hydrogens is 309 g/mol. The lowest BCUT2D eigenvalue weighted by atomic mass is 9.99. The molecule has 1 aromatic carbocycles. The van der Waals surface area contributed by atoms with Crippen LogP contribution in [0.4, 0.5) is 4.39 Å². The van der Waals surface area contributed by atoms with Crippen molar-refractivity contribution in [1.82, 2.24) is 0 Å². The normalized spacial score (nSPS) is 19.2. The van der Waals surface area contributed by atoms with Crippen LogP contribution in [0, 0.1) is 0 Å². The molecule has 0 aliphatic carbocycles. The van der Waals surface area contributed by atoms with E-state index in [9.17, 15) is 13.8 Å². The molecule has 0 amide bonds. The van der Waals surface area contributed by atoms with E-state index in [4.69, 9.17) is 9.47 Å². The molecule has 5 nitrogen and oxygen atoms in total. The average molecular weight is 330 g/mol. The van der Waals surface area contributed by atoms with Crippen molar-refractivity contribution in [1.29, 1.82) is 0 Å². The minimum absolute atomic E-state index is 0.0733. The van der Waals surface area contributed by atoms with Gasteiger partial charge < -0.3 is 18.9 Å². The van der Waals surface area contributed by atoms with Gasteiger partial charge in [-0.05, 0) is 10.8 Å². The fourth-order valence-corrected chi connectivity index (χ4v) is 2.64. The van der Waals surface area contributed by atoms with Crippen LogP contribution < -0.4 is 0 Å². The smallest absolute Gasteiger partial charge is 0.344 e. The van der Waals surface area contributed by atoms with Crippen molar-refractivity contribution in [3.05, 3.63) is 47.2 Å². The highest BCUT2D eigenvalue weighted by Gasteiger charge is 2.31. The summed E-state index contributed by atoms with van der Waals surface area (Å²) >= 11 is 0. The van der Waals surface area contributed by atoms with E-state index in [-0.39, 0.29) is 5.21 Å². The summed E-state index contributed by atoms with van der Waals surface area (Å²) in [5, 5.41) is 0.0733. The summed E-state index contributed by atoms with van der Waals surface area (Å²) in [6.45, 7) is 0. The molecule has 8 heteroatoms. The highest BCUT2D eigenvalue weighted by molar-refractivity contribution is 7.59. The van der Waals surface area contributed by atoms with Gasteiger partial charge in [0.2, 0.25) is 0 Å². The number of halogens is 1. The number of hydrogen-bond donors (Lipinski definition) is 1. The Balaban J connectivity index is 3.05. The Labute approximate surface area is 131 Å². The van der Waals surface area contributed by atoms with Crippen LogP contribution in [0.2, 0.25) is 0 Å². The Kier molecular flexibility index (Phi) is 7.46. The van der Waals surface area contributed by atoms with E-state index in [1.807, 2.05) is 0 Å². The van der Waals surface area contributed by atoms with Crippen LogP contribution in [0.15, 0.2) is 41.6 Å². The quantitative estimate of drug-likeness (QED) is 0.584. The Morgan fingerprint density at radius 1 is 1.27 bits per heavy atom. The van der Waals surface area contributed by atoms with Gasteiger partial charge in [-0.25, -0.2) is 4.39 Å². The van der Waals surface area contributed by atoms with E-state index in [0.717, 1.165) is 7.11 Å². The van der Waals surface area contributed by atoms with Crippen LogP contribution in [0.5, 0.6) is 0 Å². The SMILES string of the molecule is B/C(=C\[C@@H](OC)[C@@H](OC)[C@@H](F)c1ccccc1)P(=O)(O)OC. The Bertz CT molecular complexity index is 539. The van der Waals surface area contributed by atoms with Crippen LogP contribution >= 0.6 is 7.60 Å². The van der Waals surface area contributed by atoms with Gasteiger partial charge in [-0.2, -0.15) is 0 Å². The van der Waals surface area contributed by atoms with Gasteiger partial charge in [0.05, 0.1) is 0 Å². The third-order valence-electron chi connectivity index (χ3n) is 3.37. The lowest BCUT2D eigenvalue weighted by Gasteiger charge is -2.26. The minimum Gasteiger partial charge on any atom is -0.375 e. The van der Waals surface area contributed by atoms with Crippen LogP contribution in [0.3, 0.4) is 0 Å². The third kappa shape index (κ3) is 4.76. The standard InChI is InChI=1S/C14H21BFO5P/c1-19-11(9-12(15)22(17,18)21-3)14(20-2)13(16)10-7-5-4-6-8-10/h4-9,11,13-14H,15H2,1-3H3,(H,17,18)/b12-9+/t11-,13+,14-/m1/s1. The van der Waals surface area contributed by atoms with Gasteiger partial charge in [0, 0.05) is 21.3 Å². The third-order valence-corrected chi connectivity index (χ3v) is 4.91. The largest absolute Gasteiger partial charge is 0.375 e. The average Bonchev–Trinajstić information content (AvgIpc) is 2.54. The molecule has 0 fully saturated rings. The highest BCUT2D eigenvalue weighted by Crippen LogP contribution is 2.48. The molecule has 4 atom stereocenters. The van der Waals surface area contributed by atoms with Gasteiger partial charge >= 0.3 is 7.60 Å². The first-order chi connectivity index (χ1) is 10.4. The van der Waals surface area contributed by atoms with Crippen molar-refractivity contribution in [3.8, 4) is 0 Å². The van der Waals surface area contributed by atoms with Gasteiger partial charge in [-0.3, -0.25) is 4.57 Å². The second kappa shape index (κ2) is 8.60. The van der Waals surface area contributed by atoms with E-state index in [1.54, 1.807) is 30.3 Å². The lowest BCUT2D eigenvalue weighted by Crippen LogP contribution is -2.33. The van der Waals surface area contributed by atoms with Crippen LogP contribution in [0.1, 0.15) is 11.7 Å². The zero-order valence-electron chi connectivity index (χ0n) is 13.1. The molecule has 0 aliphatic rings. The molecule has 0 aliphatic heterocycles. The molecule has 1 rings (SSSR count). The molecule has 122 valence electrons. The molecule has 0 spiro atoms. The van der Waals surface area contributed by atoms with Gasteiger partial charge in [0.1, 0.15) is 20.1 Å². The Hall–Kier alpha value is -0.975. The summed E-state index contributed by atoms with van der Waals surface area (Å²) < 4.78 is 41.4. The van der Waals surface area contributed by atoms with E-state index in [2.05, 4.69) is 4.52 Å². The maximum atomic E-state index is 14.7. The van der Waals surface area contributed by atoms with Crippen LogP contribution in [0.25, 0.3) is 0 Å². The van der Waals surface area contributed by atoms with Gasteiger partial charge in [-0.1, -0.05) is 36.4 Å². The van der Waals surface area contributed by atoms with E-state index < -0.39 is 26.0 Å². The predicted octanol–water partition coefficient (Wildman–Crippen LogP) is 2.03. The zero-order valence-corrected chi connectivity index (χ0v) is 14.0. The Morgan fingerprint density at radius 2 is 1.86 bits per heavy atom. The second-order valence-electron chi connectivity index (χ2n) is 4.72. The summed E-state index contributed by atoms with van der Waals surface area (Å²) in [6.07, 6.45) is -1.88. The summed E-state index contributed by atoms with van der Waals surface area (Å²) in [4.78, 5) is 9.62. The highest BCUT2D eigenvalue weighted by atomic mass is 31.2. The summed E-state index contributed by atoms with van der Waals surface area (Å²) in [5.41, 5.74) is 0.446. The summed E-state index contributed by atoms with van der Waals surface area (Å²) in [7, 11) is 1.43. The number of ether oxygens (including phenoxy) is 2. The van der Waals surface area contributed by atoms with E-state index in [0.29, 0.717) is 5.56 Å². The van der Waals surface area contributed by atoms with Crippen molar-refractivity contribution in [3.63, 3.8) is 0 Å². The first-order valence-electron chi connectivity index (χ1n) is 6.69. The van der Waals surface area contributed by atoms with Crippen molar-refractivity contribution < 1.29 is 27.8 Å². The molecule has 0 heterocycles. The number of alkyl halides is 1.